The number of nitrogens with zero attached hydrogens (tertiary/aromatic N) is 1. The molecule has 2 heterocycles. The number of amides is 1. The van der Waals surface area contributed by atoms with Crippen molar-refractivity contribution < 1.29 is 19.4 Å². The van der Waals surface area contributed by atoms with Gasteiger partial charge in [0.05, 0.1) is 13.2 Å². The molecule has 3 fully saturated rings. The predicted molar refractivity (Wildman–Crippen MR) is 75.9 cm³/mol. The standard InChI is InChI=1S/C15H24N2O4/c18-14(8-11-9-21-6-5-16-11)17-12-4-2-1-3-10(12)7-13(17)15(19)20/h10-13,16H,1-9H2,(H,19,20). The topological polar surface area (TPSA) is 78.9 Å². The Kier molecular flexibility index (Phi) is 4.45. The molecule has 1 amide bonds. The molecule has 4 unspecified atom stereocenters. The molecular formula is C15H24N2O4. The molecule has 3 aliphatic rings. The van der Waals surface area contributed by atoms with Gasteiger partial charge in [-0.1, -0.05) is 12.8 Å². The average molecular weight is 296 g/mol. The summed E-state index contributed by atoms with van der Waals surface area (Å²) in [7, 11) is 0. The van der Waals surface area contributed by atoms with Gasteiger partial charge in [0.2, 0.25) is 5.91 Å². The number of carboxylic acid groups (broad SMARTS) is 1. The SMILES string of the molecule is O=C(O)C1CC2CCCCC2N1C(=O)CC1COCCN1. The lowest BCUT2D eigenvalue weighted by molar-refractivity contribution is -0.150. The maximum absolute atomic E-state index is 12.7. The number of rotatable bonds is 3. The van der Waals surface area contributed by atoms with E-state index in [1.165, 1.54) is 0 Å². The minimum atomic E-state index is -0.856. The monoisotopic (exact) mass is 296 g/mol. The highest BCUT2D eigenvalue weighted by Crippen LogP contribution is 2.40. The van der Waals surface area contributed by atoms with Crippen LogP contribution in [0.3, 0.4) is 0 Å². The van der Waals surface area contributed by atoms with Crippen molar-refractivity contribution in [2.45, 2.75) is 56.7 Å². The molecule has 0 aromatic rings. The summed E-state index contributed by atoms with van der Waals surface area (Å²) in [5.74, 6) is -0.509. The van der Waals surface area contributed by atoms with Crippen LogP contribution in [0.2, 0.25) is 0 Å². The van der Waals surface area contributed by atoms with Gasteiger partial charge in [-0.05, 0) is 25.2 Å². The molecule has 1 aliphatic carbocycles. The molecule has 2 saturated heterocycles. The molecule has 2 N–H and O–H groups in total. The van der Waals surface area contributed by atoms with E-state index in [-0.39, 0.29) is 18.0 Å². The second-order valence-electron chi connectivity index (χ2n) is 6.43. The van der Waals surface area contributed by atoms with Crippen molar-refractivity contribution in [2.75, 3.05) is 19.8 Å². The van der Waals surface area contributed by atoms with Crippen molar-refractivity contribution in [3.63, 3.8) is 0 Å². The Morgan fingerprint density at radius 2 is 2.10 bits per heavy atom. The minimum Gasteiger partial charge on any atom is -0.480 e. The predicted octanol–water partition coefficient (Wildman–Crippen LogP) is 0.609. The fraction of sp³-hybridized carbons (Fsp3) is 0.867. The lowest BCUT2D eigenvalue weighted by atomic mass is 9.84. The zero-order chi connectivity index (χ0) is 14.8. The number of hydrogen-bond acceptors (Lipinski definition) is 4. The quantitative estimate of drug-likeness (QED) is 0.798. The highest BCUT2D eigenvalue weighted by atomic mass is 16.5. The lowest BCUT2D eigenvalue weighted by Crippen LogP contribution is -2.50. The van der Waals surface area contributed by atoms with Crippen LogP contribution in [0.1, 0.15) is 38.5 Å². The molecule has 0 aromatic heterocycles. The Morgan fingerprint density at radius 1 is 1.29 bits per heavy atom. The lowest BCUT2D eigenvalue weighted by Gasteiger charge is -2.34. The Bertz CT molecular complexity index is 408. The van der Waals surface area contributed by atoms with Crippen LogP contribution in [0, 0.1) is 5.92 Å². The first-order valence-corrected chi connectivity index (χ1v) is 8.02. The van der Waals surface area contributed by atoms with Gasteiger partial charge in [-0.15, -0.1) is 0 Å². The molecule has 6 heteroatoms. The summed E-state index contributed by atoms with van der Waals surface area (Å²) in [6.45, 7) is 1.97. The maximum atomic E-state index is 12.7. The van der Waals surface area contributed by atoms with Gasteiger partial charge in [-0.25, -0.2) is 4.79 Å². The first-order chi connectivity index (χ1) is 10.2. The third-order valence-electron chi connectivity index (χ3n) is 5.08. The van der Waals surface area contributed by atoms with Crippen molar-refractivity contribution in [1.82, 2.24) is 10.2 Å². The van der Waals surface area contributed by atoms with Crippen LogP contribution in [0.4, 0.5) is 0 Å². The number of likely N-dealkylation sites (tertiary alicyclic amines) is 1. The fourth-order valence-electron chi connectivity index (χ4n) is 4.11. The number of carbonyl (C=O) groups is 2. The molecule has 0 radical (unpaired) electrons. The van der Waals surface area contributed by atoms with Gasteiger partial charge in [0.15, 0.2) is 0 Å². The van der Waals surface area contributed by atoms with E-state index >= 15 is 0 Å². The van der Waals surface area contributed by atoms with Crippen LogP contribution in [0.5, 0.6) is 0 Å². The molecule has 0 bridgehead atoms. The Morgan fingerprint density at radius 3 is 2.81 bits per heavy atom. The van der Waals surface area contributed by atoms with E-state index in [4.69, 9.17) is 4.74 Å². The molecule has 118 valence electrons. The van der Waals surface area contributed by atoms with Crippen molar-refractivity contribution in [3.05, 3.63) is 0 Å². The van der Waals surface area contributed by atoms with E-state index < -0.39 is 12.0 Å². The van der Waals surface area contributed by atoms with E-state index in [0.717, 1.165) is 32.2 Å². The first-order valence-electron chi connectivity index (χ1n) is 8.02. The third kappa shape index (κ3) is 3.06. The van der Waals surface area contributed by atoms with E-state index in [9.17, 15) is 14.7 Å². The highest BCUT2D eigenvalue weighted by molar-refractivity contribution is 5.85. The normalized spacial score (nSPS) is 36.3. The molecule has 4 atom stereocenters. The summed E-state index contributed by atoms with van der Waals surface area (Å²) >= 11 is 0. The van der Waals surface area contributed by atoms with Crippen molar-refractivity contribution in [2.24, 2.45) is 5.92 Å². The summed E-state index contributed by atoms with van der Waals surface area (Å²) < 4.78 is 5.38. The van der Waals surface area contributed by atoms with Crippen LogP contribution in [-0.2, 0) is 14.3 Å². The second kappa shape index (κ2) is 6.32. The second-order valence-corrected chi connectivity index (χ2v) is 6.43. The van der Waals surface area contributed by atoms with Crippen molar-refractivity contribution in [1.29, 1.82) is 0 Å². The smallest absolute Gasteiger partial charge is 0.326 e. The van der Waals surface area contributed by atoms with Crippen LogP contribution < -0.4 is 5.32 Å². The van der Waals surface area contributed by atoms with Gasteiger partial charge in [-0.3, -0.25) is 4.79 Å². The number of morpholine rings is 1. The molecular weight excluding hydrogens is 272 g/mol. The molecule has 0 aromatic carbocycles. The van der Waals surface area contributed by atoms with E-state index in [2.05, 4.69) is 5.32 Å². The van der Waals surface area contributed by atoms with Crippen LogP contribution in [0.15, 0.2) is 0 Å². The maximum Gasteiger partial charge on any atom is 0.326 e. The van der Waals surface area contributed by atoms with Gasteiger partial charge in [-0.2, -0.15) is 0 Å². The molecule has 0 spiro atoms. The van der Waals surface area contributed by atoms with E-state index in [1.54, 1.807) is 4.90 Å². The average Bonchev–Trinajstić information content (AvgIpc) is 2.88. The van der Waals surface area contributed by atoms with Gasteiger partial charge < -0.3 is 20.1 Å². The molecule has 3 rings (SSSR count). The number of carboxylic acids is 1. The molecule has 1 saturated carbocycles. The largest absolute Gasteiger partial charge is 0.480 e. The number of aliphatic carboxylic acids is 1. The Labute approximate surface area is 124 Å². The first kappa shape index (κ1) is 14.8. The van der Waals surface area contributed by atoms with E-state index in [0.29, 0.717) is 32.0 Å². The Balaban J connectivity index is 1.69. The van der Waals surface area contributed by atoms with Crippen LogP contribution in [-0.4, -0.2) is 59.8 Å². The van der Waals surface area contributed by atoms with Gasteiger partial charge >= 0.3 is 5.97 Å². The van der Waals surface area contributed by atoms with Gasteiger partial charge in [0, 0.05) is 25.0 Å². The number of fused-ring (bicyclic) bond motifs is 1. The number of ether oxygens (including phenoxy) is 1. The highest BCUT2D eigenvalue weighted by Gasteiger charge is 2.47. The zero-order valence-corrected chi connectivity index (χ0v) is 12.3. The third-order valence-corrected chi connectivity index (χ3v) is 5.08. The molecule has 6 nitrogen and oxygen atoms in total. The summed E-state index contributed by atoms with van der Waals surface area (Å²) in [5.41, 5.74) is 0. The minimum absolute atomic E-state index is 0.0170. The Hall–Kier alpha value is -1.14. The van der Waals surface area contributed by atoms with E-state index in [1.807, 2.05) is 0 Å². The molecule has 21 heavy (non-hydrogen) atoms. The van der Waals surface area contributed by atoms with Crippen LogP contribution >= 0.6 is 0 Å². The van der Waals surface area contributed by atoms with Gasteiger partial charge in [0.1, 0.15) is 6.04 Å². The fourth-order valence-corrected chi connectivity index (χ4v) is 4.11. The summed E-state index contributed by atoms with van der Waals surface area (Å²) in [4.78, 5) is 25.9. The number of nitrogens with one attached hydrogen (secondary N) is 1. The van der Waals surface area contributed by atoms with Crippen molar-refractivity contribution in [3.8, 4) is 0 Å². The molecule has 2 aliphatic heterocycles. The van der Waals surface area contributed by atoms with Gasteiger partial charge in [0.25, 0.3) is 0 Å². The van der Waals surface area contributed by atoms with Crippen LogP contribution in [0.25, 0.3) is 0 Å². The number of hydrogen-bond donors (Lipinski definition) is 2. The summed E-state index contributed by atoms with van der Waals surface area (Å²) in [6, 6.07) is -0.477. The summed E-state index contributed by atoms with van der Waals surface area (Å²) in [5, 5.41) is 12.7. The number of carbonyl (C=O) groups excluding carboxylic acids is 1. The zero-order valence-electron chi connectivity index (χ0n) is 12.3. The summed E-state index contributed by atoms with van der Waals surface area (Å²) in [6.07, 6.45) is 5.24. The van der Waals surface area contributed by atoms with Crippen molar-refractivity contribution >= 4 is 11.9 Å².